The first-order valence-corrected chi connectivity index (χ1v) is 6.17. The van der Waals surface area contributed by atoms with Crippen molar-refractivity contribution < 1.29 is 9.53 Å². The molecule has 0 aromatic carbocycles. The zero-order valence-electron chi connectivity index (χ0n) is 10.8. The van der Waals surface area contributed by atoms with Crippen molar-refractivity contribution in [1.82, 2.24) is 25.2 Å². The van der Waals surface area contributed by atoms with Crippen LogP contribution in [0.2, 0.25) is 0 Å². The number of carbonyl (C=O) groups excluding carboxylic acids is 1. The Labute approximate surface area is 106 Å². The number of aromatic nitrogens is 3. The minimum Gasteiger partial charge on any atom is -0.383 e. The summed E-state index contributed by atoms with van der Waals surface area (Å²) >= 11 is 0. The van der Waals surface area contributed by atoms with Crippen molar-refractivity contribution in [2.75, 3.05) is 39.9 Å². The summed E-state index contributed by atoms with van der Waals surface area (Å²) in [5, 5.41) is 11.1. The molecular formula is C11H19N5O2. The van der Waals surface area contributed by atoms with Gasteiger partial charge in [-0.25, -0.2) is 4.68 Å². The number of likely N-dealkylation sites (N-methyl/N-ethyl adjacent to an activating group) is 1. The van der Waals surface area contributed by atoms with Crippen molar-refractivity contribution in [2.45, 2.75) is 13.0 Å². The first kappa shape index (κ1) is 13.0. The molecule has 1 amide bonds. The van der Waals surface area contributed by atoms with Crippen molar-refractivity contribution in [1.29, 1.82) is 0 Å². The van der Waals surface area contributed by atoms with Crippen LogP contribution in [0.4, 0.5) is 0 Å². The van der Waals surface area contributed by atoms with Crippen LogP contribution >= 0.6 is 0 Å². The van der Waals surface area contributed by atoms with Crippen LogP contribution in [0.5, 0.6) is 0 Å². The van der Waals surface area contributed by atoms with Crippen molar-refractivity contribution in [3.05, 3.63) is 11.9 Å². The second-order valence-electron chi connectivity index (χ2n) is 4.27. The van der Waals surface area contributed by atoms with E-state index in [9.17, 15) is 4.79 Å². The summed E-state index contributed by atoms with van der Waals surface area (Å²) in [6, 6.07) is 0.327. The van der Waals surface area contributed by atoms with Gasteiger partial charge in [-0.2, -0.15) is 0 Å². The molecule has 1 aliphatic rings. The molecule has 0 radical (unpaired) electrons. The van der Waals surface area contributed by atoms with E-state index in [0.717, 1.165) is 13.1 Å². The molecule has 1 fully saturated rings. The van der Waals surface area contributed by atoms with E-state index in [2.05, 4.69) is 15.6 Å². The van der Waals surface area contributed by atoms with E-state index in [1.165, 1.54) is 0 Å². The molecule has 1 N–H and O–H groups in total. The third kappa shape index (κ3) is 2.68. The highest BCUT2D eigenvalue weighted by Gasteiger charge is 2.23. The fourth-order valence-electron chi connectivity index (χ4n) is 1.78. The predicted molar refractivity (Wildman–Crippen MR) is 65.4 cm³/mol. The third-order valence-corrected chi connectivity index (χ3v) is 3.10. The van der Waals surface area contributed by atoms with Gasteiger partial charge >= 0.3 is 0 Å². The molecule has 0 spiro atoms. The molecule has 1 saturated heterocycles. The maximum Gasteiger partial charge on any atom is 0.276 e. The Hall–Kier alpha value is -1.47. The van der Waals surface area contributed by atoms with Crippen LogP contribution in [0.25, 0.3) is 0 Å². The van der Waals surface area contributed by atoms with Gasteiger partial charge in [-0.1, -0.05) is 5.21 Å². The lowest BCUT2D eigenvalue weighted by Crippen LogP contribution is -2.43. The van der Waals surface area contributed by atoms with Gasteiger partial charge in [0.15, 0.2) is 5.69 Å². The largest absolute Gasteiger partial charge is 0.383 e. The quantitative estimate of drug-likeness (QED) is 0.742. The first-order chi connectivity index (χ1) is 8.76. The molecule has 2 rings (SSSR count). The molecule has 0 saturated carbocycles. The molecule has 18 heavy (non-hydrogen) atoms. The standard InChI is InChI=1S/C11H19N5O2/c1-3-15(4-5-18-2)11(17)10-8-16(14-13-10)9-6-12-7-9/h8-9,12H,3-7H2,1-2H3. The Kier molecular flexibility index (Phi) is 4.27. The highest BCUT2D eigenvalue weighted by Crippen LogP contribution is 2.10. The lowest BCUT2D eigenvalue weighted by molar-refractivity contribution is 0.0700. The fourth-order valence-corrected chi connectivity index (χ4v) is 1.78. The minimum atomic E-state index is -0.0897. The average Bonchev–Trinajstić information content (AvgIpc) is 2.76. The maximum absolute atomic E-state index is 12.2. The number of ether oxygens (including phenoxy) is 1. The van der Waals surface area contributed by atoms with E-state index in [0.29, 0.717) is 31.4 Å². The number of hydrogen-bond acceptors (Lipinski definition) is 5. The first-order valence-electron chi connectivity index (χ1n) is 6.17. The van der Waals surface area contributed by atoms with Crippen molar-refractivity contribution >= 4 is 5.91 Å². The van der Waals surface area contributed by atoms with Crippen LogP contribution in [-0.4, -0.2) is 65.7 Å². The van der Waals surface area contributed by atoms with Crippen molar-refractivity contribution in [3.63, 3.8) is 0 Å². The Balaban J connectivity index is 2.00. The third-order valence-electron chi connectivity index (χ3n) is 3.10. The molecule has 100 valence electrons. The van der Waals surface area contributed by atoms with Gasteiger partial charge in [0.1, 0.15) is 0 Å². The van der Waals surface area contributed by atoms with Crippen LogP contribution in [0.3, 0.4) is 0 Å². The predicted octanol–water partition coefficient (Wildman–Crippen LogP) is -0.469. The normalized spacial score (nSPS) is 15.4. The van der Waals surface area contributed by atoms with Gasteiger partial charge in [0.05, 0.1) is 18.8 Å². The zero-order valence-corrected chi connectivity index (χ0v) is 10.8. The summed E-state index contributed by atoms with van der Waals surface area (Å²) in [6.07, 6.45) is 1.73. The molecule has 7 nitrogen and oxygen atoms in total. The molecule has 1 aliphatic heterocycles. The second-order valence-corrected chi connectivity index (χ2v) is 4.27. The zero-order chi connectivity index (χ0) is 13.0. The van der Waals surface area contributed by atoms with Crippen LogP contribution in [0.15, 0.2) is 6.20 Å². The maximum atomic E-state index is 12.2. The second kappa shape index (κ2) is 5.92. The monoisotopic (exact) mass is 253 g/mol. The highest BCUT2D eigenvalue weighted by molar-refractivity contribution is 5.91. The van der Waals surface area contributed by atoms with Crippen molar-refractivity contribution in [3.8, 4) is 0 Å². The van der Waals surface area contributed by atoms with Crippen molar-refractivity contribution in [2.24, 2.45) is 0 Å². The molecule has 1 aromatic rings. The van der Waals surface area contributed by atoms with E-state index in [1.54, 1.807) is 22.9 Å². The highest BCUT2D eigenvalue weighted by atomic mass is 16.5. The van der Waals surface area contributed by atoms with Gasteiger partial charge in [-0.15, -0.1) is 5.10 Å². The van der Waals surface area contributed by atoms with Gasteiger partial charge in [0.25, 0.3) is 5.91 Å². The number of rotatable bonds is 6. The molecule has 0 bridgehead atoms. The number of methoxy groups -OCH3 is 1. The summed E-state index contributed by atoms with van der Waals surface area (Å²) in [5.74, 6) is -0.0897. The van der Waals surface area contributed by atoms with Crippen LogP contribution in [0, 0.1) is 0 Å². The number of hydrogen-bond donors (Lipinski definition) is 1. The summed E-state index contributed by atoms with van der Waals surface area (Å²) in [6.45, 7) is 5.45. The Morgan fingerprint density at radius 1 is 1.67 bits per heavy atom. The number of carbonyl (C=O) groups is 1. The molecule has 0 unspecified atom stereocenters. The minimum absolute atomic E-state index is 0.0897. The number of nitrogens with one attached hydrogen (secondary N) is 1. The Morgan fingerprint density at radius 2 is 2.44 bits per heavy atom. The van der Waals surface area contributed by atoms with E-state index in [1.807, 2.05) is 6.92 Å². The summed E-state index contributed by atoms with van der Waals surface area (Å²) in [5.41, 5.74) is 0.403. The van der Waals surface area contributed by atoms with Gasteiger partial charge in [-0.3, -0.25) is 4.79 Å². The van der Waals surface area contributed by atoms with E-state index < -0.39 is 0 Å². The smallest absolute Gasteiger partial charge is 0.276 e. The van der Waals surface area contributed by atoms with Crippen LogP contribution < -0.4 is 5.32 Å². The lowest BCUT2D eigenvalue weighted by Gasteiger charge is -2.26. The van der Waals surface area contributed by atoms with E-state index >= 15 is 0 Å². The van der Waals surface area contributed by atoms with Gasteiger partial charge in [-0.05, 0) is 6.92 Å². The Morgan fingerprint density at radius 3 is 3.00 bits per heavy atom. The fraction of sp³-hybridized carbons (Fsp3) is 0.727. The molecule has 2 heterocycles. The van der Waals surface area contributed by atoms with Crippen LogP contribution in [-0.2, 0) is 4.74 Å². The van der Waals surface area contributed by atoms with Gasteiger partial charge in [0.2, 0.25) is 0 Å². The molecule has 1 aromatic heterocycles. The van der Waals surface area contributed by atoms with E-state index in [-0.39, 0.29) is 5.91 Å². The number of amides is 1. The molecular weight excluding hydrogens is 234 g/mol. The Bertz CT molecular complexity index is 402. The summed E-state index contributed by atoms with van der Waals surface area (Å²) < 4.78 is 6.74. The topological polar surface area (TPSA) is 72.3 Å². The lowest BCUT2D eigenvalue weighted by atomic mass is 10.2. The SMILES string of the molecule is CCN(CCOC)C(=O)c1cn(C2CNC2)nn1. The van der Waals surface area contributed by atoms with Crippen LogP contribution in [0.1, 0.15) is 23.5 Å². The molecule has 7 heteroatoms. The van der Waals surface area contributed by atoms with Gasteiger partial charge in [0, 0.05) is 33.3 Å². The number of nitrogens with zero attached hydrogens (tertiary/aromatic N) is 4. The summed E-state index contributed by atoms with van der Waals surface area (Å²) in [7, 11) is 1.62. The van der Waals surface area contributed by atoms with Gasteiger partial charge < -0.3 is 15.0 Å². The summed E-state index contributed by atoms with van der Waals surface area (Å²) in [4.78, 5) is 13.9. The average molecular weight is 253 g/mol. The molecule has 0 aliphatic carbocycles. The molecule has 0 atom stereocenters. The van der Waals surface area contributed by atoms with E-state index in [4.69, 9.17) is 4.74 Å².